The van der Waals surface area contributed by atoms with Gasteiger partial charge in [0, 0.05) is 18.1 Å². The van der Waals surface area contributed by atoms with Gasteiger partial charge in [-0.15, -0.1) is 0 Å². The third-order valence-corrected chi connectivity index (χ3v) is 5.19. The molecule has 0 aliphatic rings. The number of ether oxygens (including phenoxy) is 2. The van der Waals surface area contributed by atoms with E-state index in [4.69, 9.17) is 9.15 Å². The Hall–Kier alpha value is -4.26. The number of hydrogen-bond donors (Lipinski definition) is 1. The van der Waals surface area contributed by atoms with Crippen molar-refractivity contribution in [1.29, 1.82) is 0 Å². The summed E-state index contributed by atoms with van der Waals surface area (Å²) in [5.74, 6) is 0.591. The molecule has 2 heterocycles. The van der Waals surface area contributed by atoms with Gasteiger partial charge < -0.3 is 23.8 Å². The minimum Gasteiger partial charge on any atom is -0.486 e. The number of furan rings is 1. The van der Waals surface area contributed by atoms with Crippen LogP contribution in [0.5, 0.6) is 5.75 Å². The van der Waals surface area contributed by atoms with E-state index in [-0.39, 0.29) is 24.3 Å². The van der Waals surface area contributed by atoms with Gasteiger partial charge in [-0.1, -0.05) is 12.1 Å². The first-order valence-electron chi connectivity index (χ1n) is 10.5. The van der Waals surface area contributed by atoms with Crippen LogP contribution >= 0.6 is 0 Å². The molecule has 0 bridgehead atoms. The number of carbonyl (C=O) groups excluding carboxylic acids is 2. The molecule has 0 aliphatic carbocycles. The lowest BCUT2D eigenvalue weighted by Crippen LogP contribution is -2.26. The Morgan fingerprint density at radius 1 is 0.970 bits per heavy atom. The van der Waals surface area contributed by atoms with Gasteiger partial charge in [-0.05, 0) is 73.2 Å². The predicted molar refractivity (Wildman–Crippen MR) is 122 cm³/mol. The number of carbonyl (C=O) groups is 2. The van der Waals surface area contributed by atoms with Crippen molar-refractivity contribution in [3.05, 3.63) is 108 Å². The van der Waals surface area contributed by atoms with Gasteiger partial charge in [-0.3, -0.25) is 4.79 Å². The number of amides is 1. The molecule has 33 heavy (non-hydrogen) atoms. The summed E-state index contributed by atoms with van der Waals surface area (Å²) in [6.45, 7) is 2.08. The maximum Gasteiger partial charge on any atom is 0.337 e. The van der Waals surface area contributed by atoms with E-state index in [1.54, 1.807) is 36.4 Å². The molecule has 0 spiro atoms. The standard InChI is InChI=1S/C26H24N2O5/c1-18(19-5-9-21(10-6-19)28-15-3-4-16-28)27-25(29)24-14-13-23(33-24)17-32-22-11-7-20(8-12-22)26(30)31-2/h3-16,18H,17H2,1-2H3,(H,27,29). The normalized spacial score (nSPS) is 11.6. The first-order valence-corrected chi connectivity index (χ1v) is 10.5. The number of esters is 1. The number of hydrogen-bond acceptors (Lipinski definition) is 5. The Balaban J connectivity index is 1.31. The molecule has 1 unspecified atom stereocenters. The summed E-state index contributed by atoms with van der Waals surface area (Å²) < 4.78 is 18.0. The molecule has 0 fully saturated rings. The quantitative estimate of drug-likeness (QED) is 0.390. The first kappa shape index (κ1) is 22.0. The Morgan fingerprint density at radius 3 is 2.33 bits per heavy atom. The van der Waals surface area contributed by atoms with Crippen molar-refractivity contribution in [2.45, 2.75) is 19.6 Å². The van der Waals surface area contributed by atoms with E-state index in [2.05, 4.69) is 10.1 Å². The van der Waals surface area contributed by atoms with Crippen LogP contribution in [0.25, 0.3) is 5.69 Å². The van der Waals surface area contributed by atoms with Crippen molar-refractivity contribution in [2.24, 2.45) is 0 Å². The van der Waals surface area contributed by atoms with Crippen LogP contribution in [0.1, 0.15) is 45.2 Å². The molecule has 0 radical (unpaired) electrons. The van der Waals surface area contributed by atoms with Crippen molar-refractivity contribution in [3.8, 4) is 11.4 Å². The summed E-state index contributed by atoms with van der Waals surface area (Å²) in [4.78, 5) is 24.1. The fourth-order valence-corrected chi connectivity index (χ4v) is 3.33. The number of benzene rings is 2. The molecule has 2 aromatic heterocycles. The van der Waals surface area contributed by atoms with Gasteiger partial charge in [0.05, 0.1) is 18.7 Å². The van der Waals surface area contributed by atoms with Crippen molar-refractivity contribution in [3.63, 3.8) is 0 Å². The molecule has 0 saturated heterocycles. The second-order valence-electron chi connectivity index (χ2n) is 7.45. The minimum absolute atomic E-state index is 0.154. The summed E-state index contributed by atoms with van der Waals surface area (Å²) in [5.41, 5.74) is 2.48. The number of aromatic nitrogens is 1. The zero-order valence-electron chi connectivity index (χ0n) is 18.4. The van der Waals surface area contributed by atoms with E-state index < -0.39 is 5.97 Å². The van der Waals surface area contributed by atoms with Crippen molar-refractivity contribution < 1.29 is 23.5 Å². The van der Waals surface area contributed by atoms with Gasteiger partial charge in [0.2, 0.25) is 0 Å². The highest BCUT2D eigenvalue weighted by molar-refractivity contribution is 5.91. The van der Waals surface area contributed by atoms with E-state index in [1.807, 2.05) is 60.3 Å². The van der Waals surface area contributed by atoms with Gasteiger partial charge >= 0.3 is 5.97 Å². The fourth-order valence-electron chi connectivity index (χ4n) is 3.33. The summed E-state index contributed by atoms with van der Waals surface area (Å²) >= 11 is 0. The van der Waals surface area contributed by atoms with Gasteiger partial charge in [0.15, 0.2) is 5.76 Å². The lowest BCUT2D eigenvalue weighted by molar-refractivity contribution is 0.0600. The van der Waals surface area contributed by atoms with Crippen LogP contribution in [0.3, 0.4) is 0 Å². The lowest BCUT2D eigenvalue weighted by atomic mass is 10.1. The molecular formula is C26H24N2O5. The topological polar surface area (TPSA) is 82.7 Å². The van der Waals surface area contributed by atoms with Gasteiger partial charge in [-0.25, -0.2) is 4.79 Å². The van der Waals surface area contributed by atoms with E-state index in [0.717, 1.165) is 11.3 Å². The van der Waals surface area contributed by atoms with Crippen LogP contribution in [0.4, 0.5) is 0 Å². The summed E-state index contributed by atoms with van der Waals surface area (Å²) in [7, 11) is 1.33. The van der Waals surface area contributed by atoms with Crippen LogP contribution in [0.2, 0.25) is 0 Å². The number of rotatable bonds is 8. The zero-order valence-corrected chi connectivity index (χ0v) is 18.4. The molecule has 2 aromatic carbocycles. The van der Waals surface area contributed by atoms with E-state index in [9.17, 15) is 9.59 Å². The largest absolute Gasteiger partial charge is 0.486 e. The highest BCUT2D eigenvalue weighted by atomic mass is 16.5. The Bertz CT molecular complexity index is 1210. The highest BCUT2D eigenvalue weighted by Crippen LogP contribution is 2.19. The number of nitrogens with one attached hydrogen (secondary N) is 1. The summed E-state index contributed by atoms with van der Waals surface area (Å²) in [6.07, 6.45) is 3.96. The lowest BCUT2D eigenvalue weighted by Gasteiger charge is -2.14. The van der Waals surface area contributed by atoms with E-state index >= 15 is 0 Å². The minimum atomic E-state index is -0.408. The predicted octanol–water partition coefficient (Wildman–Crippen LogP) is 4.93. The van der Waals surface area contributed by atoms with Gasteiger partial charge in [0.1, 0.15) is 18.1 Å². The summed E-state index contributed by atoms with van der Waals surface area (Å²) in [5, 5.41) is 2.95. The maximum atomic E-state index is 12.6. The summed E-state index contributed by atoms with van der Waals surface area (Å²) in [6, 6.07) is 21.7. The first-order chi connectivity index (χ1) is 16.0. The molecular weight excluding hydrogens is 420 g/mol. The third kappa shape index (κ3) is 5.33. The smallest absolute Gasteiger partial charge is 0.337 e. The zero-order chi connectivity index (χ0) is 23.2. The van der Waals surface area contributed by atoms with Crippen LogP contribution in [0.15, 0.2) is 89.6 Å². The number of nitrogens with zero attached hydrogens (tertiary/aromatic N) is 1. The molecule has 4 rings (SSSR count). The molecule has 7 heteroatoms. The van der Waals surface area contributed by atoms with E-state index in [1.165, 1.54) is 7.11 Å². The Labute approximate surface area is 191 Å². The van der Waals surface area contributed by atoms with Crippen LogP contribution < -0.4 is 10.1 Å². The van der Waals surface area contributed by atoms with Crippen LogP contribution in [-0.4, -0.2) is 23.6 Å². The molecule has 168 valence electrons. The molecule has 1 atom stereocenters. The average Bonchev–Trinajstić information content (AvgIpc) is 3.55. The second kappa shape index (κ2) is 9.91. The van der Waals surface area contributed by atoms with E-state index in [0.29, 0.717) is 17.1 Å². The molecule has 7 nitrogen and oxygen atoms in total. The van der Waals surface area contributed by atoms with Gasteiger partial charge in [0.25, 0.3) is 5.91 Å². The molecule has 1 N–H and O–H groups in total. The molecule has 0 aliphatic heterocycles. The number of methoxy groups -OCH3 is 1. The van der Waals surface area contributed by atoms with Crippen molar-refractivity contribution in [2.75, 3.05) is 7.11 Å². The highest BCUT2D eigenvalue weighted by Gasteiger charge is 2.15. The van der Waals surface area contributed by atoms with Gasteiger partial charge in [-0.2, -0.15) is 0 Å². The van der Waals surface area contributed by atoms with Crippen LogP contribution in [0, 0.1) is 0 Å². The maximum absolute atomic E-state index is 12.6. The second-order valence-corrected chi connectivity index (χ2v) is 7.45. The Morgan fingerprint density at radius 2 is 1.67 bits per heavy atom. The molecule has 0 saturated carbocycles. The van der Waals surface area contributed by atoms with Crippen molar-refractivity contribution >= 4 is 11.9 Å². The SMILES string of the molecule is COC(=O)c1ccc(OCc2ccc(C(=O)NC(C)c3ccc(-n4cccc4)cc3)o2)cc1. The molecule has 1 amide bonds. The Kier molecular flexibility index (Phi) is 6.59. The third-order valence-electron chi connectivity index (χ3n) is 5.19. The molecule has 4 aromatic rings. The average molecular weight is 444 g/mol. The van der Waals surface area contributed by atoms with Crippen LogP contribution in [-0.2, 0) is 11.3 Å². The van der Waals surface area contributed by atoms with Crippen molar-refractivity contribution in [1.82, 2.24) is 9.88 Å². The fraction of sp³-hybridized carbons (Fsp3) is 0.154. The monoisotopic (exact) mass is 444 g/mol.